The molecule has 0 unspecified atom stereocenters. The van der Waals surface area contributed by atoms with Crippen LogP contribution >= 0.6 is 0 Å². The SMILES string of the molecule is CC(C)(C)OC(=O)N1C(=O)CCc2cc(F)ccc21. The van der Waals surface area contributed by atoms with E-state index >= 15 is 0 Å². The van der Waals surface area contributed by atoms with Crippen molar-refractivity contribution in [1.82, 2.24) is 0 Å². The molecule has 0 bridgehead atoms. The average Bonchev–Trinajstić information content (AvgIpc) is 2.26. The van der Waals surface area contributed by atoms with Gasteiger partial charge in [0.1, 0.15) is 11.4 Å². The van der Waals surface area contributed by atoms with Crippen LogP contribution in [-0.2, 0) is 16.0 Å². The van der Waals surface area contributed by atoms with Crippen molar-refractivity contribution in [1.29, 1.82) is 0 Å². The van der Waals surface area contributed by atoms with Crippen LogP contribution in [0.25, 0.3) is 0 Å². The first-order valence-corrected chi connectivity index (χ1v) is 6.12. The highest BCUT2D eigenvalue weighted by Crippen LogP contribution is 2.29. The van der Waals surface area contributed by atoms with Crippen LogP contribution in [-0.4, -0.2) is 17.6 Å². The molecule has 0 spiro atoms. The van der Waals surface area contributed by atoms with Crippen molar-refractivity contribution < 1.29 is 18.7 Å². The molecule has 0 atom stereocenters. The Labute approximate surface area is 111 Å². The number of hydrogen-bond acceptors (Lipinski definition) is 3. The van der Waals surface area contributed by atoms with Gasteiger partial charge in [0.2, 0.25) is 5.91 Å². The van der Waals surface area contributed by atoms with Crippen LogP contribution in [0, 0.1) is 5.82 Å². The van der Waals surface area contributed by atoms with Crippen molar-refractivity contribution in [2.45, 2.75) is 39.2 Å². The number of carbonyl (C=O) groups excluding carboxylic acids is 2. The van der Waals surface area contributed by atoms with Crippen molar-refractivity contribution in [3.63, 3.8) is 0 Å². The van der Waals surface area contributed by atoms with Crippen LogP contribution in [0.1, 0.15) is 32.8 Å². The molecule has 0 aliphatic carbocycles. The zero-order valence-corrected chi connectivity index (χ0v) is 11.2. The number of amides is 2. The lowest BCUT2D eigenvalue weighted by molar-refractivity contribution is -0.118. The van der Waals surface area contributed by atoms with Crippen LogP contribution in [0.3, 0.4) is 0 Å². The summed E-state index contributed by atoms with van der Waals surface area (Å²) in [6.45, 7) is 5.18. The highest BCUT2D eigenvalue weighted by molar-refractivity contribution is 6.14. The Morgan fingerprint density at radius 2 is 2.00 bits per heavy atom. The van der Waals surface area contributed by atoms with Crippen molar-refractivity contribution in [3.05, 3.63) is 29.6 Å². The number of aryl methyl sites for hydroxylation is 1. The average molecular weight is 265 g/mol. The standard InChI is InChI=1S/C14H16FNO3/c1-14(2,3)19-13(18)16-11-6-5-10(15)8-9(11)4-7-12(16)17/h5-6,8H,4,7H2,1-3H3. The van der Waals surface area contributed by atoms with E-state index in [-0.39, 0.29) is 18.1 Å². The summed E-state index contributed by atoms with van der Waals surface area (Å²) in [6, 6.07) is 4.01. The molecule has 0 saturated carbocycles. The molecule has 0 fully saturated rings. The lowest BCUT2D eigenvalue weighted by Crippen LogP contribution is -2.43. The minimum absolute atomic E-state index is 0.176. The highest BCUT2D eigenvalue weighted by atomic mass is 19.1. The number of imide groups is 1. The van der Waals surface area contributed by atoms with E-state index < -0.39 is 11.7 Å². The second-order valence-corrected chi connectivity index (χ2v) is 5.48. The zero-order valence-electron chi connectivity index (χ0n) is 11.2. The third kappa shape index (κ3) is 2.92. The molecule has 5 heteroatoms. The van der Waals surface area contributed by atoms with Crippen LogP contribution in [0.15, 0.2) is 18.2 Å². The lowest BCUT2D eigenvalue weighted by atomic mass is 10.0. The third-order valence-electron chi connectivity index (χ3n) is 2.72. The van der Waals surface area contributed by atoms with Crippen molar-refractivity contribution in [2.75, 3.05) is 4.90 Å². The predicted octanol–water partition coefficient (Wildman–Crippen LogP) is 3.04. The van der Waals surface area contributed by atoms with Gasteiger partial charge >= 0.3 is 6.09 Å². The van der Waals surface area contributed by atoms with Gasteiger partial charge in [-0.3, -0.25) is 4.79 Å². The number of hydrogen-bond donors (Lipinski definition) is 0. The van der Waals surface area contributed by atoms with Crippen molar-refractivity contribution in [2.24, 2.45) is 0 Å². The van der Waals surface area contributed by atoms with Gasteiger partial charge in [0.05, 0.1) is 5.69 Å². The fourth-order valence-corrected chi connectivity index (χ4v) is 1.97. The Morgan fingerprint density at radius 3 is 2.63 bits per heavy atom. The number of halogens is 1. The number of benzene rings is 1. The molecule has 0 aromatic heterocycles. The van der Waals surface area contributed by atoms with Gasteiger partial charge in [0, 0.05) is 6.42 Å². The second-order valence-electron chi connectivity index (χ2n) is 5.48. The van der Waals surface area contributed by atoms with Crippen LogP contribution in [0.4, 0.5) is 14.9 Å². The van der Waals surface area contributed by atoms with E-state index in [2.05, 4.69) is 0 Å². The molecule has 2 amide bonds. The zero-order chi connectivity index (χ0) is 14.2. The molecule has 1 aliphatic heterocycles. The number of carbonyl (C=O) groups is 2. The number of nitrogens with zero attached hydrogens (tertiary/aromatic N) is 1. The van der Waals surface area contributed by atoms with Crippen molar-refractivity contribution in [3.8, 4) is 0 Å². The second kappa shape index (κ2) is 4.64. The quantitative estimate of drug-likeness (QED) is 0.724. The molecule has 0 radical (unpaired) electrons. The summed E-state index contributed by atoms with van der Waals surface area (Å²) in [6.07, 6.45) is -0.106. The molecule has 1 aromatic carbocycles. The maximum Gasteiger partial charge on any atom is 0.421 e. The van der Waals surface area contributed by atoms with Gasteiger partial charge in [-0.05, 0) is 51.0 Å². The fraction of sp³-hybridized carbons (Fsp3) is 0.429. The maximum atomic E-state index is 13.2. The summed E-state index contributed by atoms with van der Waals surface area (Å²) in [5, 5.41) is 0. The van der Waals surface area contributed by atoms with E-state index in [9.17, 15) is 14.0 Å². The fourth-order valence-electron chi connectivity index (χ4n) is 1.97. The largest absolute Gasteiger partial charge is 0.443 e. The molecule has 19 heavy (non-hydrogen) atoms. The van der Waals surface area contributed by atoms with Crippen LogP contribution in [0.5, 0.6) is 0 Å². The first-order valence-electron chi connectivity index (χ1n) is 6.12. The summed E-state index contributed by atoms with van der Waals surface area (Å²) >= 11 is 0. The van der Waals surface area contributed by atoms with Gasteiger partial charge < -0.3 is 4.74 Å². The molecule has 1 heterocycles. The van der Waals surface area contributed by atoms with E-state index in [0.717, 1.165) is 4.90 Å². The minimum Gasteiger partial charge on any atom is -0.443 e. The van der Waals surface area contributed by atoms with E-state index in [4.69, 9.17) is 4.74 Å². The van der Waals surface area contributed by atoms with Gasteiger partial charge in [-0.2, -0.15) is 0 Å². The van der Waals surface area contributed by atoms with Gasteiger partial charge in [0.25, 0.3) is 0 Å². The first kappa shape index (κ1) is 13.5. The molecular weight excluding hydrogens is 249 g/mol. The topological polar surface area (TPSA) is 46.6 Å². The Morgan fingerprint density at radius 1 is 1.32 bits per heavy atom. The smallest absolute Gasteiger partial charge is 0.421 e. The Hall–Kier alpha value is -1.91. The van der Waals surface area contributed by atoms with E-state index in [1.807, 2.05) is 0 Å². The number of rotatable bonds is 0. The summed E-state index contributed by atoms with van der Waals surface area (Å²) in [5.41, 5.74) is 0.368. The van der Waals surface area contributed by atoms with Gasteiger partial charge in [-0.25, -0.2) is 14.1 Å². The van der Waals surface area contributed by atoms with E-state index in [1.54, 1.807) is 20.8 Å². The Balaban J connectivity index is 2.35. The lowest BCUT2D eigenvalue weighted by Gasteiger charge is -2.30. The monoisotopic (exact) mass is 265 g/mol. The normalized spacial score (nSPS) is 15.2. The first-order chi connectivity index (χ1) is 8.78. The van der Waals surface area contributed by atoms with Crippen LogP contribution < -0.4 is 4.90 Å². The Kier molecular flexibility index (Phi) is 3.30. The molecule has 4 nitrogen and oxygen atoms in total. The summed E-state index contributed by atoms with van der Waals surface area (Å²) in [5.74, 6) is -0.703. The van der Waals surface area contributed by atoms with E-state index in [1.165, 1.54) is 18.2 Å². The highest BCUT2D eigenvalue weighted by Gasteiger charge is 2.33. The van der Waals surface area contributed by atoms with Crippen molar-refractivity contribution >= 4 is 17.7 Å². The van der Waals surface area contributed by atoms with E-state index in [0.29, 0.717) is 17.7 Å². The number of anilines is 1. The third-order valence-corrected chi connectivity index (χ3v) is 2.72. The molecule has 2 rings (SSSR count). The summed E-state index contributed by atoms with van der Waals surface area (Å²) in [7, 11) is 0. The molecular formula is C14H16FNO3. The molecule has 0 saturated heterocycles. The number of ether oxygens (including phenoxy) is 1. The minimum atomic E-state index is -0.718. The van der Waals surface area contributed by atoms with Crippen LogP contribution in [0.2, 0.25) is 0 Å². The molecule has 102 valence electrons. The summed E-state index contributed by atoms with van der Waals surface area (Å²) in [4.78, 5) is 25.0. The predicted molar refractivity (Wildman–Crippen MR) is 68.4 cm³/mol. The molecule has 0 N–H and O–H groups in total. The number of fused-ring (bicyclic) bond motifs is 1. The van der Waals surface area contributed by atoms with Gasteiger partial charge in [-0.1, -0.05) is 0 Å². The Bertz CT molecular complexity index is 534. The van der Waals surface area contributed by atoms with Gasteiger partial charge in [-0.15, -0.1) is 0 Å². The maximum absolute atomic E-state index is 13.2. The molecule has 1 aromatic rings. The molecule has 1 aliphatic rings. The summed E-state index contributed by atoms with van der Waals surface area (Å²) < 4.78 is 18.4. The van der Waals surface area contributed by atoms with Gasteiger partial charge in [0.15, 0.2) is 0 Å².